The molecular weight excluding hydrogens is 207 g/mol. The number of halogens is 1. The lowest BCUT2D eigenvalue weighted by molar-refractivity contribution is -0.118. The number of hydrogen-bond acceptors (Lipinski definition) is 2. The molecule has 1 saturated carbocycles. The lowest BCUT2D eigenvalue weighted by Gasteiger charge is -2.26. The van der Waals surface area contributed by atoms with Gasteiger partial charge < -0.3 is 10.6 Å². The van der Waals surface area contributed by atoms with E-state index in [1.165, 1.54) is 12.1 Å². The second-order valence-electron chi connectivity index (χ2n) is 4.50. The number of fused-ring (bicyclic) bond motifs is 1. The van der Waals surface area contributed by atoms with Gasteiger partial charge in [0.2, 0.25) is 5.91 Å². The molecule has 1 aliphatic heterocycles. The van der Waals surface area contributed by atoms with Crippen LogP contribution >= 0.6 is 0 Å². The Morgan fingerprint density at radius 2 is 2.31 bits per heavy atom. The molecule has 1 aliphatic carbocycles. The van der Waals surface area contributed by atoms with Crippen LogP contribution in [-0.2, 0) is 4.79 Å². The van der Waals surface area contributed by atoms with Crippen LogP contribution in [0.3, 0.4) is 0 Å². The first kappa shape index (κ1) is 9.78. The average molecular weight is 220 g/mol. The number of nitrogens with zero attached hydrogens (tertiary/aromatic N) is 1. The second-order valence-corrected chi connectivity index (χ2v) is 4.50. The van der Waals surface area contributed by atoms with Gasteiger partial charge in [-0.2, -0.15) is 0 Å². The Kier molecular flexibility index (Phi) is 2.01. The van der Waals surface area contributed by atoms with Crippen molar-refractivity contribution in [3.05, 3.63) is 30.1 Å². The summed E-state index contributed by atoms with van der Waals surface area (Å²) in [5.74, 6) is 0.310. The summed E-state index contributed by atoms with van der Waals surface area (Å²) in [6.07, 6.45) is 0.951. The van der Waals surface area contributed by atoms with Gasteiger partial charge in [-0.1, -0.05) is 6.07 Å². The summed E-state index contributed by atoms with van der Waals surface area (Å²) in [5, 5.41) is 0. The van der Waals surface area contributed by atoms with Crippen molar-refractivity contribution >= 4 is 11.6 Å². The summed E-state index contributed by atoms with van der Waals surface area (Å²) >= 11 is 0. The Balaban J connectivity index is 1.97. The first-order chi connectivity index (χ1) is 7.72. The molecule has 3 rings (SSSR count). The third kappa shape index (κ3) is 1.26. The van der Waals surface area contributed by atoms with Gasteiger partial charge in [-0.25, -0.2) is 4.39 Å². The minimum atomic E-state index is -0.318. The molecule has 0 radical (unpaired) electrons. The van der Waals surface area contributed by atoms with Gasteiger partial charge in [-0.05, 0) is 30.5 Å². The molecule has 0 bridgehead atoms. The molecule has 84 valence electrons. The van der Waals surface area contributed by atoms with E-state index in [4.69, 9.17) is 5.73 Å². The SMILES string of the molecule is NCC1C2CC2C(=O)N1c1cccc(F)c1. The number of anilines is 1. The highest BCUT2D eigenvalue weighted by molar-refractivity contribution is 6.00. The molecule has 1 aromatic rings. The van der Waals surface area contributed by atoms with E-state index < -0.39 is 0 Å². The minimum absolute atomic E-state index is 0.0549. The summed E-state index contributed by atoms with van der Waals surface area (Å²) in [6, 6.07) is 6.21. The fraction of sp³-hybridized carbons (Fsp3) is 0.417. The molecule has 0 spiro atoms. The summed E-state index contributed by atoms with van der Waals surface area (Å²) in [6.45, 7) is 0.448. The molecule has 3 nitrogen and oxygen atoms in total. The van der Waals surface area contributed by atoms with E-state index in [0.29, 0.717) is 18.2 Å². The Hall–Kier alpha value is -1.42. The van der Waals surface area contributed by atoms with Crippen molar-refractivity contribution in [1.29, 1.82) is 0 Å². The van der Waals surface area contributed by atoms with Gasteiger partial charge in [-0.15, -0.1) is 0 Å². The largest absolute Gasteiger partial charge is 0.328 e. The van der Waals surface area contributed by atoms with E-state index in [1.807, 2.05) is 0 Å². The second kappa shape index (κ2) is 3.28. The minimum Gasteiger partial charge on any atom is -0.328 e. The van der Waals surface area contributed by atoms with Crippen LogP contribution < -0.4 is 10.6 Å². The zero-order valence-electron chi connectivity index (χ0n) is 8.77. The molecule has 1 saturated heterocycles. The predicted octanol–water partition coefficient (Wildman–Crippen LogP) is 1.14. The van der Waals surface area contributed by atoms with Crippen molar-refractivity contribution in [1.82, 2.24) is 0 Å². The number of benzene rings is 1. The first-order valence-electron chi connectivity index (χ1n) is 5.51. The number of amides is 1. The van der Waals surface area contributed by atoms with Crippen molar-refractivity contribution in [2.24, 2.45) is 17.6 Å². The fourth-order valence-corrected chi connectivity index (χ4v) is 2.68. The predicted molar refractivity (Wildman–Crippen MR) is 58.3 cm³/mol. The van der Waals surface area contributed by atoms with Gasteiger partial charge in [0.05, 0.1) is 6.04 Å². The van der Waals surface area contributed by atoms with Crippen LogP contribution in [0, 0.1) is 17.7 Å². The van der Waals surface area contributed by atoms with Crippen molar-refractivity contribution in [3.63, 3.8) is 0 Å². The average Bonchev–Trinajstić information content (AvgIpc) is 3.00. The van der Waals surface area contributed by atoms with E-state index in [9.17, 15) is 9.18 Å². The van der Waals surface area contributed by atoms with Crippen LogP contribution in [0.15, 0.2) is 24.3 Å². The van der Waals surface area contributed by atoms with Crippen molar-refractivity contribution in [3.8, 4) is 0 Å². The zero-order valence-corrected chi connectivity index (χ0v) is 8.77. The summed E-state index contributed by atoms with van der Waals surface area (Å²) in [4.78, 5) is 13.6. The molecule has 4 heteroatoms. The maximum atomic E-state index is 13.1. The normalized spacial score (nSPS) is 31.8. The highest BCUT2D eigenvalue weighted by atomic mass is 19.1. The number of nitrogens with two attached hydrogens (primary N) is 1. The highest BCUT2D eigenvalue weighted by Crippen LogP contribution is 2.51. The van der Waals surface area contributed by atoms with Crippen molar-refractivity contribution in [2.75, 3.05) is 11.4 Å². The molecular formula is C12H13FN2O. The molecule has 1 aromatic carbocycles. The maximum Gasteiger partial charge on any atom is 0.230 e. The topological polar surface area (TPSA) is 46.3 Å². The van der Waals surface area contributed by atoms with Crippen LogP contribution in [0.1, 0.15) is 6.42 Å². The van der Waals surface area contributed by atoms with Gasteiger partial charge in [-0.3, -0.25) is 4.79 Å². The molecule has 16 heavy (non-hydrogen) atoms. The van der Waals surface area contributed by atoms with Crippen LogP contribution in [0.25, 0.3) is 0 Å². The Morgan fingerprint density at radius 1 is 1.50 bits per heavy atom. The monoisotopic (exact) mass is 220 g/mol. The number of hydrogen-bond donors (Lipinski definition) is 1. The lowest BCUT2D eigenvalue weighted by atomic mass is 10.1. The van der Waals surface area contributed by atoms with E-state index in [2.05, 4.69) is 0 Å². The fourth-order valence-electron chi connectivity index (χ4n) is 2.68. The van der Waals surface area contributed by atoms with Crippen LogP contribution in [0.5, 0.6) is 0 Å². The van der Waals surface area contributed by atoms with E-state index in [-0.39, 0.29) is 23.7 Å². The van der Waals surface area contributed by atoms with Crippen LogP contribution in [0.2, 0.25) is 0 Å². The van der Waals surface area contributed by atoms with Crippen molar-refractivity contribution in [2.45, 2.75) is 12.5 Å². The standard InChI is InChI=1S/C12H13FN2O/c13-7-2-1-3-8(4-7)15-11(6-14)9-5-10(9)12(15)16/h1-4,9-11H,5-6,14H2. The molecule has 1 heterocycles. The van der Waals surface area contributed by atoms with E-state index in [1.54, 1.807) is 17.0 Å². The highest BCUT2D eigenvalue weighted by Gasteiger charge is 2.58. The Bertz CT molecular complexity index is 448. The third-order valence-electron chi connectivity index (χ3n) is 3.55. The van der Waals surface area contributed by atoms with E-state index >= 15 is 0 Å². The molecule has 0 aromatic heterocycles. The Morgan fingerprint density at radius 3 is 3.00 bits per heavy atom. The molecule has 2 fully saturated rings. The number of rotatable bonds is 2. The molecule has 2 aliphatic rings. The lowest BCUT2D eigenvalue weighted by Crippen LogP contribution is -2.41. The molecule has 2 N–H and O–H groups in total. The molecule has 3 unspecified atom stereocenters. The zero-order chi connectivity index (χ0) is 11.3. The third-order valence-corrected chi connectivity index (χ3v) is 3.55. The van der Waals surface area contributed by atoms with Gasteiger partial charge in [0.25, 0.3) is 0 Å². The van der Waals surface area contributed by atoms with Crippen molar-refractivity contribution < 1.29 is 9.18 Å². The van der Waals surface area contributed by atoms with Gasteiger partial charge in [0.15, 0.2) is 0 Å². The van der Waals surface area contributed by atoms with Gasteiger partial charge in [0.1, 0.15) is 5.82 Å². The molecule has 1 amide bonds. The van der Waals surface area contributed by atoms with Gasteiger partial charge >= 0.3 is 0 Å². The summed E-state index contributed by atoms with van der Waals surface area (Å²) in [5.41, 5.74) is 6.32. The van der Waals surface area contributed by atoms with Crippen LogP contribution in [-0.4, -0.2) is 18.5 Å². The summed E-state index contributed by atoms with van der Waals surface area (Å²) in [7, 11) is 0. The van der Waals surface area contributed by atoms with E-state index in [0.717, 1.165) is 6.42 Å². The number of piperidine rings is 1. The number of carbonyl (C=O) groups is 1. The Labute approximate surface area is 93.0 Å². The first-order valence-corrected chi connectivity index (χ1v) is 5.51. The quantitative estimate of drug-likeness (QED) is 0.812. The smallest absolute Gasteiger partial charge is 0.230 e. The maximum absolute atomic E-state index is 13.1. The summed E-state index contributed by atoms with van der Waals surface area (Å²) < 4.78 is 13.1. The number of carbonyl (C=O) groups excluding carboxylic acids is 1. The van der Waals surface area contributed by atoms with Crippen LogP contribution in [0.4, 0.5) is 10.1 Å². The van der Waals surface area contributed by atoms with Gasteiger partial charge in [0, 0.05) is 18.2 Å². The molecule has 3 atom stereocenters.